The van der Waals surface area contributed by atoms with Crippen LogP contribution in [0.2, 0.25) is 0 Å². The summed E-state index contributed by atoms with van der Waals surface area (Å²) in [4.78, 5) is 16.1. The molecule has 0 saturated heterocycles. The van der Waals surface area contributed by atoms with Crippen LogP contribution in [0.25, 0.3) is 11.4 Å². The summed E-state index contributed by atoms with van der Waals surface area (Å²) < 4.78 is 4.70. The molecule has 2 aromatic rings. The average molecular weight is 288 g/mol. The number of benzene rings is 1. The predicted molar refractivity (Wildman–Crippen MR) is 79.5 cm³/mol. The van der Waals surface area contributed by atoms with Crippen LogP contribution in [-0.4, -0.2) is 28.6 Å². The second-order valence-corrected chi connectivity index (χ2v) is 5.37. The van der Waals surface area contributed by atoms with Gasteiger partial charge in [-0.15, -0.1) is 0 Å². The van der Waals surface area contributed by atoms with Gasteiger partial charge in [0.2, 0.25) is 12.2 Å². The Morgan fingerprint density at radius 3 is 2.57 bits per heavy atom. The fourth-order valence-corrected chi connectivity index (χ4v) is 2.12. The van der Waals surface area contributed by atoms with E-state index >= 15 is 0 Å². The Balaban J connectivity index is 2.02. The Bertz CT molecular complexity index is 564. The van der Waals surface area contributed by atoms with E-state index < -0.39 is 0 Å². The fraction of sp³-hybridized carbons (Fsp3) is 0.400. The summed E-state index contributed by atoms with van der Waals surface area (Å²) in [5.74, 6) is 0.867. The van der Waals surface area contributed by atoms with E-state index in [1.165, 1.54) is 6.39 Å². The van der Waals surface area contributed by atoms with E-state index in [2.05, 4.69) is 29.3 Å². The molecule has 1 unspecified atom stereocenters. The van der Waals surface area contributed by atoms with Gasteiger partial charge >= 0.3 is 0 Å². The van der Waals surface area contributed by atoms with E-state index in [1.54, 1.807) is 24.3 Å². The highest BCUT2D eigenvalue weighted by Crippen LogP contribution is 2.15. The molecule has 6 nitrogen and oxygen atoms in total. The molecule has 0 spiro atoms. The van der Waals surface area contributed by atoms with Crippen LogP contribution in [0.4, 0.5) is 0 Å². The zero-order valence-corrected chi connectivity index (χ0v) is 12.2. The molecule has 1 aromatic heterocycles. The summed E-state index contributed by atoms with van der Waals surface area (Å²) in [5, 5.41) is 6.71. The zero-order chi connectivity index (χ0) is 15.2. The Labute approximate surface area is 123 Å². The van der Waals surface area contributed by atoms with E-state index in [0.29, 0.717) is 23.9 Å². The van der Waals surface area contributed by atoms with Gasteiger partial charge in [0.1, 0.15) is 0 Å². The van der Waals surface area contributed by atoms with Gasteiger partial charge in [0.05, 0.1) is 0 Å². The summed E-state index contributed by atoms with van der Waals surface area (Å²) in [6, 6.07) is 7.06. The van der Waals surface area contributed by atoms with Crippen molar-refractivity contribution in [2.24, 2.45) is 11.7 Å². The van der Waals surface area contributed by atoms with Crippen molar-refractivity contribution in [3.63, 3.8) is 0 Å². The van der Waals surface area contributed by atoms with Crippen LogP contribution in [0.1, 0.15) is 30.6 Å². The SMILES string of the molecule is CC(C)CC(CN)NC(=O)c1ccc(-c2ncon2)cc1. The van der Waals surface area contributed by atoms with Crippen LogP contribution >= 0.6 is 0 Å². The molecule has 1 atom stereocenters. The number of carbonyl (C=O) groups is 1. The van der Waals surface area contributed by atoms with E-state index in [4.69, 9.17) is 10.3 Å². The first-order valence-electron chi connectivity index (χ1n) is 6.98. The highest BCUT2D eigenvalue weighted by Gasteiger charge is 2.14. The minimum absolute atomic E-state index is 0.00520. The van der Waals surface area contributed by atoms with Gasteiger partial charge in [-0.2, -0.15) is 4.98 Å². The number of hydrogen-bond acceptors (Lipinski definition) is 5. The Kier molecular flexibility index (Phi) is 5.05. The van der Waals surface area contributed by atoms with E-state index in [0.717, 1.165) is 12.0 Å². The lowest BCUT2D eigenvalue weighted by molar-refractivity contribution is 0.0934. The highest BCUT2D eigenvalue weighted by molar-refractivity contribution is 5.94. The van der Waals surface area contributed by atoms with Crippen molar-refractivity contribution in [2.75, 3.05) is 6.54 Å². The minimum atomic E-state index is -0.120. The van der Waals surface area contributed by atoms with Gasteiger partial charge < -0.3 is 15.6 Å². The van der Waals surface area contributed by atoms with Crippen LogP contribution < -0.4 is 11.1 Å². The third-order valence-corrected chi connectivity index (χ3v) is 3.14. The second-order valence-electron chi connectivity index (χ2n) is 5.37. The summed E-state index contributed by atoms with van der Waals surface area (Å²) in [7, 11) is 0. The summed E-state index contributed by atoms with van der Waals surface area (Å²) in [6.07, 6.45) is 2.14. The fourth-order valence-electron chi connectivity index (χ4n) is 2.12. The molecular weight excluding hydrogens is 268 g/mol. The molecule has 0 aliphatic rings. The van der Waals surface area contributed by atoms with Crippen molar-refractivity contribution in [3.8, 4) is 11.4 Å². The topological polar surface area (TPSA) is 94.0 Å². The maximum absolute atomic E-state index is 12.2. The number of amides is 1. The van der Waals surface area contributed by atoms with Crippen LogP contribution in [0.5, 0.6) is 0 Å². The molecule has 1 amide bonds. The average Bonchev–Trinajstić information content (AvgIpc) is 3.00. The number of carbonyl (C=O) groups excluding carboxylic acids is 1. The predicted octanol–water partition coefficient (Wildman–Crippen LogP) is 1.84. The first-order valence-corrected chi connectivity index (χ1v) is 6.98. The van der Waals surface area contributed by atoms with Crippen molar-refractivity contribution in [1.82, 2.24) is 15.5 Å². The first kappa shape index (κ1) is 15.2. The molecule has 0 fully saturated rings. The van der Waals surface area contributed by atoms with Gasteiger partial charge in [0.25, 0.3) is 5.91 Å². The first-order chi connectivity index (χ1) is 10.1. The molecule has 0 saturated carbocycles. The molecule has 0 bridgehead atoms. The van der Waals surface area contributed by atoms with Crippen molar-refractivity contribution < 1.29 is 9.32 Å². The maximum atomic E-state index is 12.2. The van der Waals surface area contributed by atoms with Gasteiger partial charge in [-0.3, -0.25) is 4.79 Å². The lowest BCUT2D eigenvalue weighted by Crippen LogP contribution is -2.41. The summed E-state index contributed by atoms with van der Waals surface area (Å²) in [6.45, 7) is 4.65. The summed E-state index contributed by atoms with van der Waals surface area (Å²) in [5.41, 5.74) is 7.09. The smallest absolute Gasteiger partial charge is 0.251 e. The third kappa shape index (κ3) is 4.13. The zero-order valence-electron chi connectivity index (χ0n) is 12.2. The summed E-state index contributed by atoms with van der Waals surface area (Å²) >= 11 is 0. The second kappa shape index (κ2) is 6.99. The van der Waals surface area contributed by atoms with Crippen molar-refractivity contribution in [3.05, 3.63) is 36.2 Å². The van der Waals surface area contributed by atoms with Gasteiger partial charge in [0.15, 0.2) is 0 Å². The number of nitrogens with zero attached hydrogens (tertiary/aromatic N) is 2. The molecule has 1 aromatic carbocycles. The standard InChI is InChI=1S/C15H20N4O2/c1-10(2)7-13(8-16)18-15(20)12-5-3-11(4-6-12)14-17-9-21-19-14/h3-6,9-10,13H,7-8,16H2,1-2H3,(H,18,20). The van der Waals surface area contributed by atoms with E-state index in [9.17, 15) is 4.79 Å². The van der Waals surface area contributed by atoms with Crippen molar-refractivity contribution in [1.29, 1.82) is 0 Å². The molecule has 112 valence electrons. The van der Waals surface area contributed by atoms with E-state index in [-0.39, 0.29) is 11.9 Å². The molecule has 6 heteroatoms. The Morgan fingerprint density at radius 1 is 1.33 bits per heavy atom. The van der Waals surface area contributed by atoms with Crippen molar-refractivity contribution >= 4 is 5.91 Å². The minimum Gasteiger partial charge on any atom is -0.348 e. The molecule has 1 heterocycles. The molecule has 21 heavy (non-hydrogen) atoms. The Morgan fingerprint density at radius 2 is 2.05 bits per heavy atom. The number of hydrogen-bond donors (Lipinski definition) is 2. The van der Waals surface area contributed by atoms with Crippen LogP contribution in [0.15, 0.2) is 35.2 Å². The Hall–Kier alpha value is -2.21. The number of nitrogens with two attached hydrogens (primary N) is 1. The normalized spacial score (nSPS) is 12.4. The highest BCUT2D eigenvalue weighted by atomic mass is 16.5. The van der Waals surface area contributed by atoms with Gasteiger partial charge in [-0.1, -0.05) is 31.1 Å². The van der Waals surface area contributed by atoms with Crippen LogP contribution in [0, 0.1) is 5.92 Å². The van der Waals surface area contributed by atoms with Gasteiger partial charge in [0, 0.05) is 23.7 Å². The number of aromatic nitrogens is 2. The van der Waals surface area contributed by atoms with Crippen LogP contribution in [0.3, 0.4) is 0 Å². The maximum Gasteiger partial charge on any atom is 0.251 e. The molecule has 3 N–H and O–H groups in total. The lowest BCUT2D eigenvalue weighted by atomic mass is 10.0. The monoisotopic (exact) mass is 288 g/mol. The molecular formula is C15H20N4O2. The number of rotatable bonds is 6. The molecule has 0 radical (unpaired) electrons. The van der Waals surface area contributed by atoms with Gasteiger partial charge in [-0.25, -0.2) is 0 Å². The number of nitrogens with one attached hydrogen (secondary N) is 1. The van der Waals surface area contributed by atoms with E-state index in [1.807, 2.05) is 0 Å². The molecule has 0 aliphatic carbocycles. The van der Waals surface area contributed by atoms with Gasteiger partial charge in [-0.05, 0) is 24.5 Å². The van der Waals surface area contributed by atoms with Crippen LogP contribution in [-0.2, 0) is 0 Å². The largest absolute Gasteiger partial charge is 0.348 e. The van der Waals surface area contributed by atoms with Crippen molar-refractivity contribution in [2.45, 2.75) is 26.3 Å². The lowest BCUT2D eigenvalue weighted by Gasteiger charge is -2.18. The molecule has 2 rings (SSSR count). The third-order valence-electron chi connectivity index (χ3n) is 3.14. The molecule has 0 aliphatic heterocycles. The quantitative estimate of drug-likeness (QED) is 0.845.